The molecule has 0 aromatic carbocycles. The lowest BCUT2D eigenvalue weighted by Crippen LogP contribution is -2.50. The predicted octanol–water partition coefficient (Wildman–Crippen LogP) is 8.68. The topological polar surface area (TPSA) is 55.8 Å². The van der Waals surface area contributed by atoms with Crippen molar-refractivity contribution >= 4 is 27.7 Å². The van der Waals surface area contributed by atoms with Gasteiger partial charge >= 0.3 is 6.16 Å². The maximum Gasteiger partial charge on any atom is 0.508 e. The van der Waals surface area contributed by atoms with Crippen LogP contribution >= 0.6 is 21.6 Å². The summed E-state index contributed by atoms with van der Waals surface area (Å²) in [5.41, 5.74) is 2.39. The van der Waals surface area contributed by atoms with Gasteiger partial charge in [-0.1, -0.05) is 80.2 Å². The van der Waals surface area contributed by atoms with Crippen LogP contribution in [0.2, 0.25) is 0 Å². The van der Waals surface area contributed by atoms with Gasteiger partial charge in [-0.2, -0.15) is 0 Å². The molecular formula is C31H52O4S2. The van der Waals surface area contributed by atoms with Gasteiger partial charge in [0.2, 0.25) is 0 Å². The summed E-state index contributed by atoms with van der Waals surface area (Å²) in [5.74, 6) is 5.73. The van der Waals surface area contributed by atoms with Crippen LogP contribution in [0.5, 0.6) is 0 Å². The van der Waals surface area contributed by atoms with E-state index in [1.165, 1.54) is 57.8 Å². The first kappa shape index (κ1) is 29.6. The van der Waals surface area contributed by atoms with Crippen molar-refractivity contribution in [1.29, 1.82) is 0 Å². The first-order valence-electron chi connectivity index (χ1n) is 15.2. The van der Waals surface area contributed by atoms with Gasteiger partial charge in [0.25, 0.3) is 0 Å². The van der Waals surface area contributed by atoms with Crippen LogP contribution in [0, 0.1) is 40.4 Å². The predicted molar refractivity (Wildman–Crippen MR) is 157 cm³/mol. The molecule has 0 aromatic heterocycles. The molecule has 0 aromatic rings. The minimum Gasteiger partial charge on any atom is -0.433 e. The van der Waals surface area contributed by atoms with Gasteiger partial charge < -0.3 is 14.6 Å². The molecule has 0 unspecified atom stereocenters. The molecule has 0 bridgehead atoms. The van der Waals surface area contributed by atoms with E-state index in [1.54, 1.807) is 27.2 Å². The summed E-state index contributed by atoms with van der Waals surface area (Å²) >= 11 is 0. The Morgan fingerprint density at radius 1 is 1.08 bits per heavy atom. The Kier molecular flexibility index (Phi) is 10.7. The molecule has 7 atom stereocenters. The van der Waals surface area contributed by atoms with Crippen molar-refractivity contribution in [3.63, 3.8) is 0 Å². The van der Waals surface area contributed by atoms with Gasteiger partial charge in [-0.25, -0.2) is 4.79 Å². The van der Waals surface area contributed by atoms with E-state index in [0.29, 0.717) is 17.8 Å². The van der Waals surface area contributed by atoms with Gasteiger partial charge in [-0.3, -0.25) is 0 Å². The average Bonchev–Trinajstić information content (AvgIpc) is 3.20. The lowest BCUT2D eigenvalue weighted by atomic mass is 9.47. The fourth-order valence-corrected chi connectivity index (χ4v) is 10.3. The summed E-state index contributed by atoms with van der Waals surface area (Å²) < 4.78 is 11.1. The van der Waals surface area contributed by atoms with Crippen LogP contribution in [0.1, 0.15) is 105 Å². The van der Waals surface area contributed by atoms with E-state index in [9.17, 15) is 4.79 Å². The third kappa shape index (κ3) is 6.88. The molecular weight excluding hydrogens is 500 g/mol. The number of fused-ring (bicyclic) bond motifs is 5. The standard InChI is InChI=1S/C31H52O4S2/c1-22(2)7-5-6-8-23-10-12-27-26-11-9-24-21-25(35-29(33)34-18-20-37-36-19-17-32)13-15-31(24,4)28(26)14-16-30(23,27)3/h9,22-23,25-28,32H,5-8,10-21H2,1-4H3/t23-,25-,26-,27-,28-,30+,31-/m0/s1. The smallest absolute Gasteiger partial charge is 0.433 e. The second-order valence-corrected chi connectivity index (χ2v) is 15.9. The van der Waals surface area contributed by atoms with Gasteiger partial charge in [-0.05, 0) is 91.8 Å². The third-order valence-corrected chi connectivity index (χ3v) is 13.1. The molecule has 4 rings (SSSR count). The Hall–Kier alpha value is -0.330. The fraction of sp³-hybridized carbons (Fsp3) is 0.903. The number of carbonyl (C=O) groups excluding carboxylic acids is 1. The molecule has 0 amide bonds. The van der Waals surface area contributed by atoms with Gasteiger partial charge in [0.05, 0.1) is 6.61 Å². The quantitative estimate of drug-likeness (QED) is 0.113. The van der Waals surface area contributed by atoms with Crippen LogP contribution in [0.15, 0.2) is 11.6 Å². The zero-order valence-electron chi connectivity index (χ0n) is 23.8. The maximum atomic E-state index is 12.3. The Morgan fingerprint density at radius 3 is 2.68 bits per heavy atom. The van der Waals surface area contributed by atoms with Crippen molar-refractivity contribution in [1.82, 2.24) is 0 Å². The zero-order valence-corrected chi connectivity index (χ0v) is 25.5. The van der Waals surface area contributed by atoms with E-state index in [4.69, 9.17) is 14.6 Å². The van der Waals surface area contributed by atoms with Crippen molar-refractivity contribution in [2.75, 3.05) is 24.7 Å². The lowest BCUT2D eigenvalue weighted by Gasteiger charge is -2.58. The maximum absolute atomic E-state index is 12.3. The highest BCUT2D eigenvalue weighted by Crippen LogP contribution is 2.66. The van der Waals surface area contributed by atoms with Crippen LogP contribution in [0.4, 0.5) is 4.79 Å². The number of rotatable bonds is 12. The second-order valence-electron chi connectivity index (χ2n) is 13.2. The van der Waals surface area contributed by atoms with Gasteiger partial charge in [0, 0.05) is 17.9 Å². The molecule has 3 fully saturated rings. The van der Waals surface area contributed by atoms with Crippen molar-refractivity contribution in [2.24, 2.45) is 40.4 Å². The molecule has 0 aliphatic heterocycles. The minimum atomic E-state index is -0.519. The van der Waals surface area contributed by atoms with Crippen LogP contribution in [0.3, 0.4) is 0 Å². The number of carbonyl (C=O) groups is 1. The Balaban J connectivity index is 1.29. The van der Waals surface area contributed by atoms with E-state index < -0.39 is 6.16 Å². The second kappa shape index (κ2) is 13.4. The first-order valence-corrected chi connectivity index (χ1v) is 17.6. The van der Waals surface area contributed by atoms with Crippen LogP contribution in [-0.2, 0) is 9.47 Å². The zero-order chi connectivity index (χ0) is 26.5. The number of allylic oxidation sites excluding steroid dienone is 1. The summed E-state index contributed by atoms with van der Waals surface area (Å²) in [6, 6.07) is 0. The van der Waals surface area contributed by atoms with Crippen LogP contribution in [-0.4, -0.2) is 42.1 Å². The van der Waals surface area contributed by atoms with Crippen molar-refractivity contribution in [2.45, 2.75) is 111 Å². The van der Waals surface area contributed by atoms with Gasteiger partial charge in [0.15, 0.2) is 0 Å². The Morgan fingerprint density at radius 2 is 1.89 bits per heavy atom. The number of unbranched alkanes of at least 4 members (excludes halogenated alkanes) is 1. The van der Waals surface area contributed by atoms with Gasteiger partial charge in [0.1, 0.15) is 12.7 Å². The molecule has 37 heavy (non-hydrogen) atoms. The van der Waals surface area contributed by atoms with E-state index in [-0.39, 0.29) is 18.1 Å². The molecule has 4 nitrogen and oxygen atoms in total. The molecule has 4 aliphatic rings. The number of aliphatic hydroxyl groups excluding tert-OH is 1. The SMILES string of the molecule is CC(C)CCCC[C@H]1CC[C@H]2[C@@H]3CC=C4C[C@@H](OC(=O)OCCSSCCO)CC[C@]4(C)[C@H]3CC[C@]12C. The molecule has 6 heteroatoms. The Bertz CT molecular complexity index is 785. The highest BCUT2D eigenvalue weighted by Gasteiger charge is 2.58. The van der Waals surface area contributed by atoms with Crippen molar-refractivity contribution in [3.05, 3.63) is 11.6 Å². The molecule has 0 saturated heterocycles. The molecule has 3 saturated carbocycles. The van der Waals surface area contributed by atoms with Gasteiger partial charge in [-0.15, -0.1) is 0 Å². The highest BCUT2D eigenvalue weighted by molar-refractivity contribution is 8.76. The molecule has 0 radical (unpaired) electrons. The van der Waals surface area contributed by atoms with Crippen molar-refractivity contribution < 1.29 is 19.4 Å². The lowest BCUT2D eigenvalue weighted by molar-refractivity contribution is -0.0560. The van der Waals surface area contributed by atoms with E-state index in [2.05, 4.69) is 33.8 Å². The number of hydrogen-bond donors (Lipinski definition) is 1. The Labute approximate surface area is 234 Å². The number of hydrogen-bond acceptors (Lipinski definition) is 6. The van der Waals surface area contributed by atoms with Crippen LogP contribution < -0.4 is 0 Å². The summed E-state index contributed by atoms with van der Waals surface area (Å²) in [6.07, 6.45) is 17.6. The fourth-order valence-electron chi connectivity index (χ4n) is 8.74. The summed E-state index contributed by atoms with van der Waals surface area (Å²) in [4.78, 5) is 12.3. The first-order chi connectivity index (χ1) is 17.8. The van der Waals surface area contributed by atoms with Crippen LogP contribution in [0.25, 0.3) is 0 Å². The molecule has 4 aliphatic carbocycles. The van der Waals surface area contributed by atoms with E-state index in [0.717, 1.165) is 54.6 Å². The monoisotopic (exact) mass is 552 g/mol. The summed E-state index contributed by atoms with van der Waals surface area (Å²) in [7, 11) is 3.22. The normalized spacial score (nSPS) is 36.9. The summed E-state index contributed by atoms with van der Waals surface area (Å²) in [6.45, 7) is 10.4. The molecule has 0 spiro atoms. The number of ether oxygens (including phenoxy) is 2. The summed E-state index contributed by atoms with van der Waals surface area (Å²) in [5, 5.41) is 8.83. The van der Waals surface area contributed by atoms with Crippen molar-refractivity contribution in [3.8, 4) is 0 Å². The largest absolute Gasteiger partial charge is 0.508 e. The van der Waals surface area contributed by atoms with E-state index >= 15 is 0 Å². The third-order valence-electron chi connectivity index (χ3n) is 10.7. The molecule has 0 heterocycles. The highest BCUT2D eigenvalue weighted by atomic mass is 33.1. The average molecular weight is 553 g/mol. The molecule has 212 valence electrons. The molecule has 1 N–H and O–H groups in total. The minimum absolute atomic E-state index is 0.0460. The van der Waals surface area contributed by atoms with E-state index in [1.807, 2.05) is 0 Å². The number of aliphatic hydroxyl groups is 1.